The van der Waals surface area contributed by atoms with E-state index in [9.17, 15) is 0 Å². The molecule has 0 aliphatic heterocycles. The topological polar surface area (TPSA) is 25.6 Å². The molecule has 3 heterocycles. The Hall–Kier alpha value is -6.84. The molecule has 238 valence electrons. The van der Waals surface area contributed by atoms with E-state index in [4.69, 9.17) is 0 Å². The Morgan fingerprint density at radius 3 is 1.41 bits per heavy atom. The Labute approximate surface area is 294 Å². The highest BCUT2D eigenvalue weighted by Gasteiger charge is 2.22. The molecule has 0 amide bonds. The average molecular weight is 650 g/mol. The molecule has 0 aliphatic rings. The predicted octanol–water partition coefficient (Wildman–Crippen LogP) is 12.8. The van der Waals surface area contributed by atoms with E-state index < -0.39 is 0 Å². The fourth-order valence-electron chi connectivity index (χ4n) is 8.31. The van der Waals surface area contributed by atoms with Gasteiger partial charge in [0.05, 0.1) is 22.1 Å². The van der Waals surface area contributed by atoms with Gasteiger partial charge in [-0.25, -0.2) is 0 Å². The zero-order valence-electron chi connectivity index (χ0n) is 27.7. The maximum Gasteiger partial charge on any atom is 0.0788 e. The third kappa shape index (κ3) is 4.19. The van der Waals surface area contributed by atoms with Gasteiger partial charge >= 0.3 is 0 Å². The molecule has 11 aromatic rings. The summed E-state index contributed by atoms with van der Waals surface area (Å²) in [4.78, 5) is 3.63. The number of fused-ring (bicyclic) bond motifs is 10. The van der Waals surface area contributed by atoms with Gasteiger partial charge in [0.1, 0.15) is 0 Å². The minimum atomic E-state index is 1.14. The summed E-state index contributed by atoms with van der Waals surface area (Å²) in [6.45, 7) is 0. The van der Waals surface area contributed by atoms with Crippen molar-refractivity contribution in [2.45, 2.75) is 0 Å². The molecule has 0 saturated heterocycles. The molecule has 0 saturated carbocycles. The molecule has 0 radical (unpaired) electrons. The summed E-state index contributed by atoms with van der Waals surface area (Å²) in [5.74, 6) is 0. The fraction of sp³-hybridized carbons (Fsp3) is 0. The van der Waals surface area contributed by atoms with Crippen LogP contribution >= 0.6 is 0 Å². The number of aromatic amines is 1. The molecule has 3 heteroatoms. The standard InChI is InChI=1S/C48H31N3/c1-4-12-31(13-5-1)33-20-26-45-41(28-33)38-23-24-39-42-29-34(32-14-6-2-7-15-32)21-27-46(42)51(48(39)47(38)50(45)35-16-8-3-9-17-35)36-22-25-44-40(30-36)37-18-10-11-19-43(37)49-44/h1-30,49H. The molecule has 3 nitrogen and oxygen atoms in total. The van der Waals surface area contributed by atoms with E-state index in [1.165, 1.54) is 76.6 Å². The van der Waals surface area contributed by atoms with Crippen LogP contribution in [0.4, 0.5) is 0 Å². The molecule has 0 bridgehead atoms. The van der Waals surface area contributed by atoms with Gasteiger partial charge in [0.2, 0.25) is 0 Å². The van der Waals surface area contributed by atoms with E-state index in [2.05, 4.69) is 196 Å². The van der Waals surface area contributed by atoms with Crippen molar-refractivity contribution in [1.29, 1.82) is 0 Å². The van der Waals surface area contributed by atoms with Crippen molar-refractivity contribution in [3.05, 3.63) is 182 Å². The molecule has 0 fully saturated rings. The number of para-hydroxylation sites is 2. The summed E-state index contributed by atoms with van der Waals surface area (Å²) in [7, 11) is 0. The van der Waals surface area contributed by atoms with Gasteiger partial charge in [0.25, 0.3) is 0 Å². The molecule has 0 spiro atoms. The van der Waals surface area contributed by atoms with Gasteiger partial charge in [0.15, 0.2) is 0 Å². The molecule has 3 aromatic heterocycles. The van der Waals surface area contributed by atoms with Crippen LogP contribution in [0.3, 0.4) is 0 Å². The number of hydrogen-bond acceptors (Lipinski definition) is 0. The Bertz CT molecular complexity index is 3110. The van der Waals surface area contributed by atoms with Crippen molar-refractivity contribution in [2.24, 2.45) is 0 Å². The third-order valence-electron chi connectivity index (χ3n) is 10.6. The van der Waals surface area contributed by atoms with Crippen molar-refractivity contribution in [3.8, 4) is 33.6 Å². The lowest BCUT2D eigenvalue weighted by atomic mass is 10.0. The first kappa shape index (κ1) is 28.0. The van der Waals surface area contributed by atoms with Crippen LogP contribution in [0.25, 0.3) is 99.0 Å². The Morgan fingerprint density at radius 1 is 0.294 bits per heavy atom. The number of nitrogens with zero attached hydrogens (tertiary/aromatic N) is 2. The summed E-state index contributed by atoms with van der Waals surface area (Å²) in [6, 6.07) is 66.3. The lowest BCUT2D eigenvalue weighted by Gasteiger charge is -2.13. The molecule has 0 aliphatic carbocycles. The van der Waals surface area contributed by atoms with Crippen LogP contribution in [-0.4, -0.2) is 14.1 Å². The van der Waals surface area contributed by atoms with E-state index in [1.54, 1.807) is 0 Å². The van der Waals surface area contributed by atoms with E-state index in [-0.39, 0.29) is 0 Å². The first-order chi connectivity index (χ1) is 25.3. The van der Waals surface area contributed by atoms with Crippen LogP contribution in [0, 0.1) is 0 Å². The monoisotopic (exact) mass is 649 g/mol. The van der Waals surface area contributed by atoms with Crippen molar-refractivity contribution in [3.63, 3.8) is 0 Å². The Morgan fingerprint density at radius 2 is 0.804 bits per heavy atom. The van der Waals surface area contributed by atoms with Crippen LogP contribution in [0.2, 0.25) is 0 Å². The maximum absolute atomic E-state index is 3.63. The second-order valence-corrected chi connectivity index (χ2v) is 13.5. The highest BCUT2D eigenvalue weighted by Crippen LogP contribution is 2.44. The summed E-state index contributed by atoms with van der Waals surface area (Å²) in [5.41, 5.74) is 14.2. The van der Waals surface area contributed by atoms with Crippen LogP contribution in [0.5, 0.6) is 0 Å². The highest BCUT2D eigenvalue weighted by atomic mass is 15.0. The minimum absolute atomic E-state index is 1.14. The van der Waals surface area contributed by atoms with Crippen LogP contribution in [-0.2, 0) is 0 Å². The molecule has 51 heavy (non-hydrogen) atoms. The summed E-state index contributed by atoms with van der Waals surface area (Å²) in [5, 5.41) is 7.41. The normalized spacial score (nSPS) is 11.9. The first-order valence-corrected chi connectivity index (χ1v) is 17.5. The quantitative estimate of drug-likeness (QED) is 0.196. The highest BCUT2D eigenvalue weighted by molar-refractivity contribution is 6.24. The lowest BCUT2D eigenvalue weighted by Crippen LogP contribution is -1.98. The van der Waals surface area contributed by atoms with Gasteiger partial charge in [-0.1, -0.05) is 121 Å². The molecular weight excluding hydrogens is 619 g/mol. The molecule has 11 rings (SSSR count). The van der Waals surface area contributed by atoms with E-state index in [1.807, 2.05) is 0 Å². The van der Waals surface area contributed by atoms with Crippen LogP contribution in [0.15, 0.2) is 182 Å². The van der Waals surface area contributed by atoms with Gasteiger partial charge < -0.3 is 14.1 Å². The molecule has 0 atom stereocenters. The fourth-order valence-corrected chi connectivity index (χ4v) is 8.31. The van der Waals surface area contributed by atoms with E-state index in [0.717, 1.165) is 22.4 Å². The van der Waals surface area contributed by atoms with Crippen LogP contribution in [0.1, 0.15) is 0 Å². The van der Waals surface area contributed by atoms with E-state index >= 15 is 0 Å². The van der Waals surface area contributed by atoms with Gasteiger partial charge in [-0.2, -0.15) is 0 Å². The largest absolute Gasteiger partial charge is 0.355 e. The Balaban J connectivity index is 1.31. The summed E-state index contributed by atoms with van der Waals surface area (Å²) < 4.78 is 4.97. The summed E-state index contributed by atoms with van der Waals surface area (Å²) >= 11 is 0. The van der Waals surface area contributed by atoms with Gasteiger partial charge in [0, 0.05) is 54.7 Å². The predicted molar refractivity (Wildman–Crippen MR) is 215 cm³/mol. The average Bonchev–Trinajstić information content (AvgIpc) is 3.85. The molecular formula is C48H31N3. The van der Waals surface area contributed by atoms with Crippen molar-refractivity contribution in [1.82, 2.24) is 14.1 Å². The van der Waals surface area contributed by atoms with Gasteiger partial charge in [-0.3, -0.25) is 0 Å². The number of nitrogens with one attached hydrogen (secondary N) is 1. The van der Waals surface area contributed by atoms with E-state index in [0.29, 0.717) is 0 Å². The minimum Gasteiger partial charge on any atom is -0.355 e. The van der Waals surface area contributed by atoms with Crippen molar-refractivity contribution < 1.29 is 0 Å². The zero-order chi connectivity index (χ0) is 33.5. The lowest BCUT2D eigenvalue weighted by molar-refractivity contribution is 1.15. The smallest absolute Gasteiger partial charge is 0.0788 e. The number of benzene rings is 8. The number of hydrogen-bond donors (Lipinski definition) is 1. The number of H-pyrrole nitrogens is 1. The van der Waals surface area contributed by atoms with Crippen molar-refractivity contribution >= 4 is 65.4 Å². The SMILES string of the molecule is c1ccc(-c2ccc3c(c2)c2ccc4c5cc(-c6ccccc6)ccc5n(-c5ccc6[nH]c7ccccc7c6c5)c4c2n3-c2ccccc2)cc1. The molecule has 1 N–H and O–H groups in total. The number of rotatable bonds is 4. The Kier molecular flexibility index (Phi) is 5.96. The van der Waals surface area contributed by atoms with Crippen LogP contribution < -0.4 is 0 Å². The summed E-state index contributed by atoms with van der Waals surface area (Å²) in [6.07, 6.45) is 0. The zero-order valence-corrected chi connectivity index (χ0v) is 27.7. The second-order valence-electron chi connectivity index (χ2n) is 13.5. The number of aromatic nitrogens is 3. The second kappa shape index (κ2) is 10.8. The molecule has 8 aromatic carbocycles. The van der Waals surface area contributed by atoms with Crippen molar-refractivity contribution in [2.75, 3.05) is 0 Å². The maximum atomic E-state index is 3.63. The molecule has 0 unspecified atom stereocenters. The third-order valence-corrected chi connectivity index (χ3v) is 10.6. The van der Waals surface area contributed by atoms with Gasteiger partial charge in [-0.15, -0.1) is 0 Å². The van der Waals surface area contributed by atoms with Gasteiger partial charge in [-0.05, 0) is 82.9 Å². The first-order valence-electron chi connectivity index (χ1n) is 17.5.